The largest absolute Gasteiger partial charge is 0.315 e. The van der Waals surface area contributed by atoms with Gasteiger partial charge >= 0.3 is 0 Å². The molecule has 4 nitrogen and oxygen atoms in total. The molecule has 0 amide bonds. The van der Waals surface area contributed by atoms with Crippen LogP contribution in [0, 0.1) is 0 Å². The van der Waals surface area contributed by atoms with Gasteiger partial charge < -0.3 is 5.32 Å². The lowest BCUT2D eigenvalue weighted by atomic mass is 10.1. The van der Waals surface area contributed by atoms with Crippen molar-refractivity contribution in [2.75, 3.05) is 18.8 Å². The Balaban J connectivity index is 2.37. The van der Waals surface area contributed by atoms with Crippen molar-refractivity contribution in [2.24, 2.45) is 0 Å². The summed E-state index contributed by atoms with van der Waals surface area (Å²) in [6.45, 7) is 7.88. The minimum absolute atomic E-state index is 0.182. The van der Waals surface area contributed by atoms with Crippen LogP contribution in [0.4, 0.5) is 0 Å². The van der Waals surface area contributed by atoms with Gasteiger partial charge in [0, 0.05) is 18.6 Å². The number of hydrogen-bond acceptors (Lipinski definition) is 3. The fourth-order valence-electron chi connectivity index (χ4n) is 2.58. The van der Waals surface area contributed by atoms with Gasteiger partial charge in [0.25, 0.3) is 0 Å². The summed E-state index contributed by atoms with van der Waals surface area (Å²) in [5.41, 5.74) is 0. The Hall–Kier alpha value is -0.130. The van der Waals surface area contributed by atoms with Crippen LogP contribution in [0.2, 0.25) is 0 Å². The van der Waals surface area contributed by atoms with E-state index in [2.05, 4.69) is 19.2 Å². The molecule has 0 bridgehead atoms. The number of nitrogens with zero attached hydrogens (tertiary/aromatic N) is 1. The zero-order valence-electron chi connectivity index (χ0n) is 12.7. The average molecular weight is 290 g/mol. The van der Waals surface area contributed by atoms with Crippen molar-refractivity contribution in [3.8, 4) is 0 Å². The van der Waals surface area contributed by atoms with Crippen molar-refractivity contribution >= 4 is 10.0 Å². The second-order valence-electron chi connectivity index (χ2n) is 5.94. The standard InChI is InChI=1S/C14H30N2O2S/c1-13(2)15-10-6-8-12-19(17,18)16-11-7-4-5-9-14(16)3/h13-15H,4-12H2,1-3H3. The topological polar surface area (TPSA) is 49.4 Å². The molecule has 1 unspecified atom stereocenters. The third-order valence-corrected chi connectivity index (χ3v) is 5.79. The van der Waals surface area contributed by atoms with E-state index in [1.54, 1.807) is 4.31 Å². The molecular weight excluding hydrogens is 260 g/mol. The monoisotopic (exact) mass is 290 g/mol. The summed E-state index contributed by atoms with van der Waals surface area (Å²) in [4.78, 5) is 0. The highest BCUT2D eigenvalue weighted by atomic mass is 32.2. The Bertz CT molecular complexity index is 341. The highest BCUT2D eigenvalue weighted by Crippen LogP contribution is 2.20. The molecule has 19 heavy (non-hydrogen) atoms. The van der Waals surface area contributed by atoms with Crippen molar-refractivity contribution in [3.05, 3.63) is 0 Å². The van der Waals surface area contributed by atoms with Gasteiger partial charge in [0.05, 0.1) is 5.75 Å². The van der Waals surface area contributed by atoms with Crippen molar-refractivity contribution in [3.63, 3.8) is 0 Å². The molecule has 1 N–H and O–H groups in total. The number of nitrogens with one attached hydrogen (secondary N) is 1. The summed E-state index contributed by atoms with van der Waals surface area (Å²) >= 11 is 0. The van der Waals surface area contributed by atoms with Crippen LogP contribution in [0.15, 0.2) is 0 Å². The van der Waals surface area contributed by atoms with Gasteiger partial charge in [-0.1, -0.05) is 26.7 Å². The zero-order chi connectivity index (χ0) is 14.3. The van der Waals surface area contributed by atoms with Gasteiger partial charge in [0.15, 0.2) is 0 Å². The summed E-state index contributed by atoms with van der Waals surface area (Å²) < 4.78 is 26.4. The van der Waals surface area contributed by atoms with E-state index < -0.39 is 10.0 Å². The van der Waals surface area contributed by atoms with E-state index in [-0.39, 0.29) is 6.04 Å². The van der Waals surface area contributed by atoms with Gasteiger partial charge in [0.2, 0.25) is 10.0 Å². The summed E-state index contributed by atoms with van der Waals surface area (Å²) in [5.74, 6) is 0.303. The Kier molecular flexibility index (Phi) is 7.32. The molecule has 1 saturated heterocycles. The average Bonchev–Trinajstić information content (AvgIpc) is 2.53. The van der Waals surface area contributed by atoms with Gasteiger partial charge in [-0.05, 0) is 39.2 Å². The van der Waals surface area contributed by atoms with Crippen LogP contribution in [0.3, 0.4) is 0 Å². The minimum Gasteiger partial charge on any atom is -0.315 e. The molecule has 0 spiro atoms. The lowest BCUT2D eigenvalue weighted by Gasteiger charge is -2.26. The fourth-order valence-corrected chi connectivity index (χ4v) is 4.44. The molecule has 1 heterocycles. The quantitative estimate of drug-likeness (QED) is 0.732. The first kappa shape index (κ1) is 16.9. The van der Waals surface area contributed by atoms with Crippen LogP contribution in [0.25, 0.3) is 0 Å². The Morgan fingerprint density at radius 1 is 1.21 bits per heavy atom. The van der Waals surface area contributed by atoms with Gasteiger partial charge in [-0.2, -0.15) is 4.31 Å². The Labute approximate surface area is 119 Å². The summed E-state index contributed by atoms with van der Waals surface area (Å²) in [5, 5.41) is 3.32. The SMILES string of the molecule is CC(C)NCCCCS(=O)(=O)N1CCCCCC1C. The molecule has 0 saturated carbocycles. The maximum Gasteiger partial charge on any atom is 0.214 e. The van der Waals surface area contributed by atoms with E-state index in [1.807, 2.05) is 6.92 Å². The van der Waals surface area contributed by atoms with E-state index in [0.717, 1.165) is 45.1 Å². The molecule has 0 aromatic carbocycles. The predicted octanol–water partition coefficient (Wildman–Crippen LogP) is 2.36. The number of sulfonamides is 1. The Morgan fingerprint density at radius 2 is 1.95 bits per heavy atom. The normalized spacial score (nSPS) is 22.6. The molecule has 0 aromatic rings. The van der Waals surface area contributed by atoms with E-state index in [0.29, 0.717) is 18.3 Å². The van der Waals surface area contributed by atoms with E-state index in [9.17, 15) is 8.42 Å². The Morgan fingerprint density at radius 3 is 2.63 bits per heavy atom. The maximum atomic E-state index is 12.4. The number of rotatable bonds is 7. The molecule has 1 aliphatic heterocycles. The first-order valence-electron chi connectivity index (χ1n) is 7.66. The molecule has 5 heteroatoms. The molecule has 1 atom stereocenters. The first-order chi connectivity index (χ1) is 8.93. The fraction of sp³-hybridized carbons (Fsp3) is 1.00. The van der Waals surface area contributed by atoms with Crippen molar-refractivity contribution in [1.29, 1.82) is 0 Å². The minimum atomic E-state index is -3.05. The van der Waals surface area contributed by atoms with Crippen LogP contribution in [0.5, 0.6) is 0 Å². The molecule has 114 valence electrons. The highest BCUT2D eigenvalue weighted by molar-refractivity contribution is 7.89. The van der Waals surface area contributed by atoms with E-state index in [1.165, 1.54) is 0 Å². The van der Waals surface area contributed by atoms with Gasteiger partial charge in [0.1, 0.15) is 0 Å². The van der Waals surface area contributed by atoms with Crippen LogP contribution >= 0.6 is 0 Å². The lowest BCUT2D eigenvalue weighted by molar-refractivity contribution is 0.341. The summed E-state index contributed by atoms with van der Waals surface area (Å²) in [7, 11) is -3.05. The zero-order valence-corrected chi connectivity index (χ0v) is 13.5. The molecule has 0 aromatic heterocycles. The van der Waals surface area contributed by atoms with E-state index >= 15 is 0 Å². The third kappa shape index (κ3) is 6.23. The summed E-state index contributed by atoms with van der Waals surface area (Å²) in [6.07, 6.45) is 6.03. The van der Waals surface area contributed by atoms with Crippen molar-refractivity contribution in [2.45, 2.75) is 71.4 Å². The van der Waals surface area contributed by atoms with Crippen LogP contribution in [-0.4, -0.2) is 43.6 Å². The highest BCUT2D eigenvalue weighted by Gasteiger charge is 2.27. The second kappa shape index (κ2) is 8.22. The van der Waals surface area contributed by atoms with Crippen molar-refractivity contribution < 1.29 is 8.42 Å². The molecule has 0 aliphatic carbocycles. The van der Waals surface area contributed by atoms with Crippen LogP contribution < -0.4 is 5.32 Å². The second-order valence-corrected chi connectivity index (χ2v) is 7.98. The molecular formula is C14H30N2O2S. The van der Waals surface area contributed by atoms with Crippen molar-refractivity contribution in [1.82, 2.24) is 9.62 Å². The van der Waals surface area contributed by atoms with Gasteiger partial charge in [-0.15, -0.1) is 0 Å². The molecule has 0 radical (unpaired) electrons. The molecule has 1 aliphatic rings. The lowest BCUT2D eigenvalue weighted by Crippen LogP contribution is -2.39. The maximum absolute atomic E-state index is 12.4. The number of unbranched alkanes of at least 4 members (excludes halogenated alkanes) is 1. The predicted molar refractivity (Wildman–Crippen MR) is 80.8 cm³/mol. The van der Waals surface area contributed by atoms with Gasteiger partial charge in [-0.3, -0.25) is 0 Å². The molecule has 1 fully saturated rings. The van der Waals surface area contributed by atoms with Crippen LogP contribution in [0.1, 0.15) is 59.3 Å². The van der Waals surface area contributed by atoms with E-state index in [4.69, 9.17) is 0 Å². The first-order valence-corrected chi connectivity index (χ1v) is 9.27. The smallest absolute Gasteiger partial charge is 0.214 e. The van der Waals surface area contributed by atoms with Crippen LogP contribution in [-0.2, 0) is 10.0 Å². The van der Waals surface area contributed by atoms with Gasteiger partial charge in [-0.25, -0.2) is 8.42 Å². The third-order valence-electron chi connectivity index (χ3n) is 3.73. The number of hydrogen-bond donors (Lipinski definition) is 1. The molecule has 1 rings (SSSR count). The summed E-state index contributed by atoms with van der Waals surface area (Å²) in [6, 6.07) is 0.656.